The number of nitrogens with one attached hydrogen (secondary N) is 1. The highest BCUT2D eigenvalue weighted by Crippen LogP contribution is 2.36. The molecule has 4 rings (SSSR count). The van der Waals surface area contributed by atoms with Crippen LogP contribution in [0.25, 0.3) is 5.65 Å². The summed E-state index contributed by atoms with van der Waals surface area (Å²) in [7, 11) is 0. The van der Waals surface area contributed by atoms with Crippen LogP contribution in [0.5, 0.6) is 0 Å². The molecule has 1 fully saturated rings. The number of rotatable bonds is 4. The number of anilines is 1. The first-order valence-electron chi connectivity index (χ1n) is 8.75. The third-order valence-electron chi connectivity index (χ3n) is 5.01. The number of fused-ring (bicyclic) bond motifs is 1. The maximum Gasteiger partial charge on any atom is 0.453 e. The second-order valence-electron chi connectivity index (χ2n) is 6.77. The maximum absolute atomic E-state index is 13.1. The molecule has 148 valence electrons. The largest absolute Gasteiger partial charge is 0.453 e. The summed E-state index contributed by atoms with van der Waals surface area (Å²) >= 11 is 6.17. The van der Waals surface area contributed by atoms with Crippen LogP contribution in [-0.2, 0) is 16.3 Å². The van der Waals surface area contributed by atoms with Gasteiger partial charge in [0, 0.05) is 30.2 Å². The lowest BCUT2D eigenvalue weighted by Gasteiger charge is -2.38. The van der Waals surface area contributed by atoms with E-state index in [0.29, 0.717) is 35.1 Å². The molecule has 3 heterocycles. The average Bonchev–Trinajstić information content (AvgIpc) is 3.11. The molecule has 28 heavy (non-hydrogen) atoms. The normalized spacial score (nSPS) is 17.0. The molecule has 0 spiro atoms. The third kappa shape index (κ3) is 3.64. The standard InChI is InChI=1S/C18H17ClF3N5O/c19-13-3-1-2-12(10-13)17(6-8-28-9-7-17)11-23-14-4-5-15-24-25-16(18(20,21)22)27(15)26-14/h1-5,10H,6-9,11H2,(H,23,26). The predicted molar refractivity (Wildman–Crippen MR) is 97.5 cm³/mol. The Balaban J connectivity index is 1.62. The highest BCUT2D eigenvalue weighted by molar-refractivity contribution is 6.30. The molecule has 1 saturated heterocycles. The molecule has 0 aliphatic carbocycles. The fourth-order valence-electron chi connectivity index (χ4n) is 3.47. The molecule has 1 aromatic carbocycles. The van der Waals surface area contributed by atoms with Gasteiger partial charge < -0.3 is 10.1 Å². The van der Waals surface area contributed by atoms with Crippen LogP contribution in [0.15, 0.2) is 36.4 Å². The number of hydrogen-bond donors (Lipinski definition) is 1. The molecule has 2 aromatic heterocycles. The molecule has 1 N–H and O–H groups in total. The molecule has 1 aliphatic heterocycles. The second kappa shape index (κ2) is 7.21. The van der Waals surface area contributed by atoms with Crippen molar-refractivity contribution in [1.82, 2.24) is 19.8 Å². The minimum atomic E-state index is -4.63. The number of benzene rings is 1. The zero-order valence-electron chi connectivity index (χ0n) is 14.7. The minimum Gasteiger partial charge on any atom is -0.381 e. The van der Waals surface area contributed by atoms with Gasteiger partial charge in [0.2, 0.25) is 0 Å². The SMILES string of the molecule is FC(F)(F)c1nnc2ccc(NCC3(c4cccc(Cl)c4)CCOCC3)nn12. The molecule has 0 atom stereocenters. The topological polar surface area (TPSA) is 64.3 Å². The summed E-state index contributed by atoms with van der Waals surface area (Å²) in [5.74, 6) is -0.840. The first kappa shape index (κ1) is 18.9. The van der Waals surface area contributed by atoms with Crippen LogP contribution in [0.2, 0.25) is 5.02 Å². The van der Waals surface area contributed by atoms with Crippen molar-refractivity contribution in [3.05, 3.63) is 52.8 Å². The lowest BCUT2D eigenvalue weighted by molar-refractivity contribution is -0.146. The van der Waals surface area contributed by atoms with Gasteiger partial charge in [-0.15, -0.1) is 15.3 Å². The summed E-state index contributed by atoms with van der Waals surface area (Å²) in [5, 5.41) is 14.6. The number of alkyl halides is 3. The second-order valence-corrected chi connectivity index (χ2v) is 7.20. The van der Waals surface area contributed by atoms with E-state index in [0.717, 1.165) is 18.4 Å². The number of nitrogens with zero attached hydrogens (tertiary/aromatic N) is 4. The van der Waals surface area contributed by atoms with E-state index in [9.17, 15) is 13.2 Å². The van der Waals surface area contributed by atoms with Crippen molar-refractivity contribution in [3.63, 3.8) is 0 Å². The highest BCUT2D eigenvalue weighted by Gasteiger charge is 2.38. The van der Waals surface area contributed by atoms with Gasteiger partial charge in [0.05, 0.1) is 0 Å². The summed E-state index contributed by atoms with van der Waals surface area (Å²) < 4.78 is 45.4. The predicted octanol–water partition coefficient (Wildman–Crippen LogP) is 3.96. The average molecular weight is 412 g/mol. The Labute approximate surface area is 163 Å². The van der Waals surface area contributed by atoms with Crippen LogP contribution in [0.1, 0.15) is 24.2 Å². The molecule has 1 aliphatic rings. The van der Waals surface area contributed by atoms with E-state index in [1.165, 1.54) is 6.07 Å². The van der Waals surface area contributed by atoms with Gasteiger partial charge in [-0.05, 0) is 42.7 Å². The highest BCUT2D eigenvalue weighted by atomic mass is 35.5. The van der Waals surface area contributed by atoms with Gasteiger partial charge in [-0.1, -0.05) is 23.7 Å². The molecule has 6 nitrogen and oxygen atoms in total. The van der Waals surface area contributed by atoms with Crippen molar-refractivity contribution < 1.29 is 17.9 Å². The van der Waals surface area contributed by atoms with E-state index >= 15 is 0 Å². The Morgan fingerprint density at radius 2 is 1.93 bits per heavy atom. The van der Waals surface area contributed by atoms with E-state index < -0.39 is 12.0 Å². The van der Waals surface area contributed by atoms with E-state index in [4.69, 9.17) is 16.3 Å². The molecule has 0 bridgehead atoms. The number of ether oxygens (including phenoxy) is 1. The van der Waals surface area contributed by atoms with Gasteiger partial charge in [0.25, 0.3) is 5.82 Å². The fraction of sp³-hybridized carbons (Fsp3) is 0.389. The zero-order valence-corrected chi connectivity index (χ0v) is 15.5. The van der Waals surface area contributed by atoms with Crippen LogP contribution in [0, 0.1) is 0 Å². The van der Waals surface area contributed by atoms with Crippen molar-refractivity contribution in [2.24, 2.45) is 0 Å². The van der Waals surface area contributed by atoms with Crippen molar-refractivity contribution in [2.75, 3.05) is 25.1 Å². The van der Waals surface area contributed by atoms with Gasteiger partial charge in [0.1, 0.15) is 5.82 Å². The molecule has 10 heteroatoms. The van der Waals surface area contributed by atoms with Crippen LogP contribution < -0.4 is 5.32 Å². The first-order chi connectivity index (χ1) is 13.4. The first-order valence-corrected chi connectivity index (χ1v) is 9.13. The molecular weight excluding hydrogens is 395 g/mol. The summed E-state index contributed by atoms with van der Waals surface area (Å²) in [6.07, 6.45) is -3.10. The Bertz CT molecular complexity index is 985. The van der Waals surface area contributed by atoms with Gasteiger partial charge in [0.15, 0.2) is 5.65 Å². The van der Waals surface area contributed by atoms with Gasteiger partial charge >= 0.3 is 6.18 Å². The summed E-state index contributed by atoms with van der Waals surface area (Å²) in [6, 6.07) is 10.7. The van der Waals surface area contributed by atoms with E-state index in [2.05, 4.69) is 20.6 Å². The molecule has 0 amide bonds. The monoisotopic (exact) mass is 411 g/mol. The number of halogens is 4. The van der Waals surface area contributed by atoms with Crippen LogP contribution in [0.4, 0.5) is 19.0 Å². The minimum absolute atomic E-state index is 0.0356. The van der Waals surface area contributed by atoms with Crippen molar-refractivity contribution in [1.29, 1.82) is 0 Å². The van der Waals surface area contributed by atoms with Crippen LogP contribution >= 0.6 is 11.6 Å². The smallest absolute Gasteiger partial charge is 0.381 e. The summed E-state index contributed by atoms with van der Waals surface area (Å²) in [5.41, 5.74) is 0.852. The Kier molecular flexibility index (Phi) is 4.88. The summed E-state index contributed by atoms with van der Waals surface area (Å²) in [4.78, 5) is 0. The van der Waals surface area contributed by atoms with E-state index in [-0.39, 0.29) is 11.1 Å². The van der Waals surface area contributed by atoms with Crippen LogP contribution in [0.3, 0.4) is 0 Å². The molecule has 0 saturated carbocycles. The van der Waals surface area contributed by atoms with Gasteiger partial charge in [-0.2, -0.15) is 17.7 Å². The zero-order chi connectivity index (χ0) is 19.8. The Hall–Kier alpha value is -2.39. The lowest BCUT2D eigenvalue weighted by Crippen LogP contribution is -2.40. The van der Waals surface area contributed by atoms with E-state index in [1.54, 1.807) is 6.07 Å². The molecule has 3 aromatic rings. The Morgan fingerprint density at radius 3 is 2.64 bits per heavy atom. The quantitative estimate of drug-likeness (QED) is 0.704. The van der Waals surface area contributed by atoms with E-state index in [1.807, 2.05) is 24.3 Å². The number of aromatic nitrogens is 4. The number of hydrogen-bond acceptors (Lipinski definition) is 5. The Morgan fingerprint density at radius 1 is 1.14 bits per heavy atom. The van der Waals surface area contributed by atoms with Crippen molar-refractivity contribution in [2.45, 2.75) is 24.4 Å². The lowest BCUT2D eigenvalue weighted by atomic mass is 9.74. The third-order valence-corrected chi connectivity index (χ3v) is 5.25. The molecule has 0 radical (unpaired) electrons. The van der Waals surface area contributed by atoms with Crippen LogP contribution in [-0.4, -0.2) is 39.6 Å². The van der Waals surface area contributed by atoms with Gasteiger partial charge in [-0.3, -0.25) is 0 Å². The maximum atomic E-state index is 13.1. The van der Waals surface area contributed by atoms with Crippen molar-refractivity contribution >= 4 is 23.1 Å². The van der Waals surface area contributed by atoms with Crippen molar-refractivity contribution in [3.8, 4) is 0 Å². The molecular formula is C18H17ClF3N5O. The van der Waals surface area contributed by atoms with Gasteiger partial charge in [-0.25, -0.2) is 0 Å². The fourth-order valence-corrected chi connectivity index (χ4v) is 3.66. The summed E-state index contributed by atoms with van der Waals surface area (Å²) in [6.45, 7) is 1.69. The molecule has 0 unspecified atom stereocenters.